The van der Waals surface area contributed by atoms with Crippen LogP contribution in [0, 0.1) is 17.8 Å². The van der Waals surface area contributed by atoms with Gasteiger partial charge in [-0.25, -0.2) is 0 Å². The molecule has 1 unspecified atom stereocenters. The highest BCUT2D eigenvalue weighted by atomic mass is 32.2. The highest BCUT2D eigenvalue weighted by Crippen LogP contribution is 2.65. The molecule has 1 aliphatic carbocycles. The van der Waals surface area contributed by atoms with E-state index in [0.29, 0.717) is 19.6 Å². The van der Waals surface area contributed by atoms with E-state index in [4.69, 9.17) is 4.74 Å². The number of hydrogen-bond donors (Lipinski definition) is 1. The van der Waals surface area contributed by atoms with Gasteiger partial charge in [-0.15, -0.1) is 11.8 Å². The topological polar surface area (TPSA) is 87.2 Å². The van der Waals surface area contributed by atoms with Crippen molar-refractivity contribution < 1.29 is 24.2 Å². The molecule has 1 saturated carbocycles. The fourth-order valence-corrected chi connectivity index (χ4v) is 9.67. The van der Waals surface area contributed by atoms with E-state index < -0.39 is 33.4 Å². The minimum atomic E-state index is -0.885. The molecule has 1 N–H and O–H groups in total. The number of aliphatic hydroxyl groups excluding tert-OH is 1. The van der Waals surface area contributed by atoms with Gasteiger partial charge < -0.3 is 19.6 Å². The summed E-state index contributed by atoms with van der Waals surface area (Å²) >= 11 is 1.59. The Morgan fingerprint density at radius 3 is 2.51 bits per heavy atom. The third-order valence-corrected chi connectivity index (χ3v) is 10.9. The molecule has 37 heavy (non-hydrogen) atoms. The number of esters is 1. The van der Waals surface area contributed by atoms with Gasteiger partial charge in [-0.1, -0.05) is 57.4 Å². The molecule has 4 heterocycles. The molecule has 1 spiro atoms. The number of hydrogen-bond acceptors (Lipinski definition) is 6. The van der Waals surface area contributed by atoms with E-state index in [1.165, 1.54) is 6.42 Å². The Bertz CT molecular complexity index is 975. The number of allylic oxidation sites excluding steroid dienone is 1. The molecule has 5 rings (SSSR count). The van der Waals surface area contributed by atoms with E-state index >= 15 is 0 Å². The van der Waals surface area contributed by atoms with Crippen LogP contribution in [-0.2, 0) is 19.1 Å². The van der Waals surface area contributed by atoms with Crippen LogP contribution in [0.15, 0.2) is 24.3 Å². The zero-order valence-corrected chi connectivity index (χ0v) is 23.3. The van der Waals surface area contributed by atoms with Gasteiger partial charge >= 0.3 is 5.97 Å². The lowest BCUT2D eigenvalue weighted by Crippen LogP contribution is -2.58. The predicted molar refractivity (Wildman–Crippen MR) is 144 cm³/mol. The van der Waals surface area contributed by atoms with Crippen LogP contribution in [0.25, 0.3) is 0 Å². The lowest BCUT2D eigenvalue weighted by molar-refractivity contribution is -0.154. The standard InChI is InChI=1S/C29H42N2O5S/c1-19(2)17-21(18-32)31-24-26(34)30(20-11-6-4-7-12-20)15-10-14-29(24)22(25(31)33)23-27(35)36-16-9-5-8-13-28(23,3)37-29/h8,10,13-14,19-24,32H,4-7,9,11-12,15-18H2,1-3H3/b13-8-/t21-,22+,23-,24?,28+,29+/m1/s1. The molecule has 0 aromatic heterocycles. The second kappa shape index (κ2) is 10.4. The molecular formula is C29H42N2O5S. The Labute approximate surface area is 225 Å². The molecular weight excluding hydrogens is 488 g/mol. The monoisotopic (exact) mass is 530 g/mol. The summed E-state index contributed by atoms with van der Waals surface area (Å²) in [5, 5.41) is 10.5. The maximum Gasteiger partial charge on any atom is 0.311 e. The second-order valence-corrected chi connectivity index (χ2v) is 13.9. The number of fused-ring (bicyclic) bond motifs is 2. The van der Waals surface area contributed by atoms with Crippen molar-refractivity contribution in [3.8, 4) is 0 Å². The molecule has 4 aliphatic heterocycles. The molecule has 2 saturated heterocycles. The average molecular weight is 531 g/mol. The van der Waals surface area contributed by atoms with Gasteiger partial charge in [0.15, 0.2) is 0 Å². The predicted octanol–water partition coefficient (Wildman–Crippen LogP) is 3.71. The van der Waals surface area contributed by atoms with Crippen LogP contribution in [0.2, 0.25) is 0 Å². The molecule has 3 fully saturated rings. The number of carbonyl (C=O) groups excluding carboxylic acids is 3. The quantitative estimate of drug-likeness (QED) is 0.431. The Balaban J connectivity index is 1.64. The van der Waals surface area contributed by atoms with Crippen molar-refractivity contribution in [2.24, 2.45) is 17.8 Å². The van der Waals surface area contributed by atoms with Crippen molar-refractivity contribution in [2.45, 2.75) is 99.8 Å². The molecule has 7 nitrogen and oxygen atoms in total. The Morgan fingerprint density at radius 2 is 1.81 bits per heavy atom. The summed E-state index contributed by atoms with van der Waals surface area (Å²) in [6.45, 7) is 6.79. The zero-order valence-electron chi connectivity index (χ0n) is 22.4. The van der Waals surface area contributed by atoms with Crippen molar-refractivity contribution in [2.75, 3.05) is 19.8 Å². The van der Waals surface area contributed by atoms with Gasteiger partial charge in [0, 0.05) is 17.3 Å². The van der Waals surface area contributed by atoms with E-state index in [1.807, 2.05) is 11.8 Å². The van der Waals surface area contributed by atoms with Crippen molar-refractivity contribution in [3.63, 3.8) is 0 Å². The first-order valence-corrected chi connectivity index (χ1v) is 15.0. The minimum Gasteiger partial charge on any atom is -0.465 e. The van der Waals surface area contributed by atoms with Crippen molar-refractivity contribution in [1.29, 1.82) is 0 Å². The van der Waals surface area contributed by atoms with Crippen LogP contribution in [0.1, 0.15) is 72.1 Å². The number of cyclic esters (lactones) is 1. The van der Waals surface area contributed by atoms with Crippen LogP contribution < -0.4 is 0 Å². The minimum absolute atomic E-state index is 0.0325. The molecule has 0 radical (unpaired) electrons. The molecule has 5 aliphatic rings. The summed E-state index contributed by atoms with van der Waals surface area (Å²) in [6, 6.07) is -1.06. The second-order valence-electron chi connectivity index (χ2n) is 12.1. The third-order valence-electron chi connectivity index (χ3n) is 9.08. The van der Waals surface area contributed by atoms with Gasteiger partial charge in [-0.2, -0.15) is 0 Å². The molecule has 6 atom stereocenters. The number of likely N-dealkylation sites (tertiary alicyclic amines) is 1. The lowest BCUT2D eigenvalue weighted by atomic mass is 9.74. The van der Waals surface area contributed by atoms with E-state index in [2.05, 4.69) is 38.2 Å². The molecule has 0 bridgehead atoms. The number of ether oxygens (including phenoxy) is 1. The van der Waals surface area contributed by atoms with Gasteiger partial charge in [0.2, 0.25) is 11.8 Å². The van der Waals surface area contributed by atoms with Crippen molar-refractivity contribution >= 4 is 29.5 Å². The van der Waals surface area contributed by atoms with Gasteiger partial charge in [0.25, 0.3) is 0 Å². The fraction of sp³-hybridized carbons (Fsp3) is 0.759. The van der Waals surface area contributed by atoms with Crippen LogP contribution in [0.5, 0.6) is 0 Å². The van der Waals surface area contributed by atoms with E-state index in [-0.39, 0.29) is 36.4 Å². The van der Waals surface area contributed by atoms with Crippen LogP contribution in [0.4, 0.5) is 0 Å². The van der Waals surface area contributed by atoms with Gasteiger partial charge in [-0.3, -0.25) is 14.4 Å². The largest absolute Gasteiger partial charge is 0.465 e. The lowest BCUT2D eigenvalue weighted by Gasteiger charge is -2.42. The summed E-state index contributed by atoms with van der Waals surface area (Å²) in [4.78, 5) is 46.3. The number of nitrogens with zero attached hydrogens (tertiary/aromatic N) is 2. The summed E-state index contributed by atoms with van der Waals surface area (Å²) < 4.78 is 4.16. The zero-order chi connectivity index (χ0) is 26.4. The Kier molecular flexibility index (Phi) is 7.53. The van der Waals surface area contributed by atoms with Crippen LogP contribution >= 0.6 is 11.8 Å². The summed E-state index contributed by atoms with van der Waals surface area (Å²) in [5.74, 6) is -1.74. The molecule has 0 aromatic carbocycles. The summed E-state index contributed by atoms with van der Waals surface area (Å²) in [6.07, 6.45) is 15.8. The average Bonchev–Trinajstić information content (AvgIpc) is 3.22. The van der Waals surface area contributed by atoms with Crippen molar-refractivity contribution in [1.82, 2.24) is 9.80 Å². The summed E-state index contributed by atoms with van der Waals surface area (Å²) in [5.41, 5.74) is 0. The van der Waals surface area contributed by atoms with E-state index in [1.54, 1.807) is 16.7 Å². The number of amides is 2. The van der Waals surface area contributed by atoms with E-state index in [9.17, 15) is 19.5 Å². The van der Waals surface area contributed by atoms with Gasteiger partial charge in [0.05, 0.1) is 35.8 Å². The first kappa shape index (κ1) is 26.8. The molecule has 0 aromatic rings. The maximum atomic E-state index is 14.6. The Morgan fingerprint density at radius 1 is 1.05 bits per heavy atom. The number of thioether (sulfide) groups is 1. The first-order chi connectivity index (χ1) is 17.7. The van der Waals surface area contributed by atoms with E-state index in [0.717, 1.165) is 38.5 Å². The van der Waals surface area contributed by atoms with Crippen molar-refractivity contribution in [3.05, 3.63) is 24.3 Å². The highest BCUT2D eigenvalue weighted by Gasteiger charge is 2.74. The smallest absolute Gasteiger partial charge is 0.311 e. The number of carbonyl (C=O) groups is 3. The number of rotatable bonds is 5. The maximum absolute atomic E-state index is 14.6. The first-order valence-electron chi connectivity index (χ1n) is 14.2. The van der Waals surface area contributed by atoms with Crippen LogP contribution in [-0.4, -0.2) is 80.1 Å². The third kappa shape index (κ3) is 4.46. The number of aliphatic hydroxyl groups is 1. The highest BCUT2D eigenvalue weighted by molar-refractivity contribution is 8.02. The molecule has 2 amide bonds. The normalized spacial score (nSPS) is 38.3. The molecule has 8 heteroatoms. The molecule has 204 valence electrons. The van der Waals surface area contributed by atoms with Gasteiger partial charge in [0.1, 0.15) is 6.04 Å². The fourth-order valence-electron chi connectivity index (χ4n) is 7.53. The Hall–Kier alpha value is -1.80. The SMILES string of the molecule is CC(C)C[C@H](CO)N1C(=O)[C@@H]2[C@@H]3C(=O)OCCC/C=C\[C@]3(C)S[C@@]23C=CCN(C2CCCCC2)C(=O)C13. The summed E-state index contributed by atoms with van der Waals surface area (Å²) in [7, 11) is 0. The van der Waals surface area contributed by atoms with Crippen LogP contribution in [0.3, 0.4) is 0 Å². The van der Waals surface area contributed by atoms with Gasteiger partial charge in [-0.05, 0) is 44.9 Å².